The second-order valence-electron chi connectivity index (χ2n) is 6.79. The van der Waals surface area contributed by atoms with Gasteiger partial charge >= 0.3 is 0 Å². The third kappa shape index (κ3) is 3.58. The van der Waals surface area contributed by atoms with Gasteiger partial charge in [-0.15, -0.1) is 0 Å². The molecule has 1 N–H and O–H groups in total. The number of para-hydroxylation sites is 1. The molecule has 0 saturated carbocycles. The molecule has 0 atom stereocenters. The van der Waals surface area contributed by atoms with Crippen molar-refractivity contribution in [1.82, 2.24) is 9.97 Å². The van der Waals surface area contributed by atoms with E-state index in [9.17, 15) is 4.79 Å². The average molecular weight is 407 g/mol. The second-order valence-corrected chi connectivity index (χ2v) is 7.82. The maximum Gasteiger partial charge on any atom is 0.258 e. The van der Waals surface area contributed by atoms with Crippen LogP contribution in [0.3, 0.4) is 0 Å². The quantitative estimate of drug-likeness (QED) is 0.382. The summed E-state index contributed by atoms with van der Waals surface area (Å²) in [6.45, 7) is 0. The fourth-order valence-corrected chi connectivity index (χ4v) is 4.17. The maximum atomic E-state index is 13.2. The van der Waals surface area contributed by atoms with Crippen molar-refractivity contribution in [1.29, 1.82) is 0 Å². The lowest BCUT2D eigenvalue weighted by molar-refractivity contribution is 0.102. The van der Waals surface area contributed by atoms with E-state index in [1.165, 1.54) is 11.3 Å². The van der Waals surface area contributed by atoms with Gasteiger partial charge in [0.1, 0.15) is 0 Å². The van der Waals surface area contributed by atoms with Crippen molar-refractivity contribution in [2.45, 2.75) is 0 Å². The zero-order valence-electron chi connectivity index (χ0n) is 15.9. The van der Waals surface area contributed by atoms with Gasteiger partial charge in [-0.1, -0.05) is 90.2 Å². The van der Waals surface area contributed by atoms with Gasteiger partial charge < -0.3 is 0 Å². The highest BCUT2D eigenvalue weighted by Crippen LogP contribution is 2.30. The lowest BCUT2D eigenvalue weighted by atomic mass is 10.0. The first kappa shape index (κ1) is 18.2. The van der Waals surface area contributed by atoms with Crippen LogP contribution in [0.1, 0.15) is 10.4 Å². The molecule has 0 aliphatic rings. The molecule has 30 heavy (non-hydrogen) atoms. The smallest absolute Gasteiger partial charge is 0.258 e. The predicted octanol–water partition coefficient (Wildman–Crippen LogP) is 6.28. The third-order valence-electron chi connectivity index (χ3n) is 4.81. The first-order valence-electron chi connectivity index (χ1n) is 9.56. The Morgan fingerprint density at radius 2 is 1.47 bits per heavy atom. The van der Waals surface area contributed by atoms with E-state index in [0.717, 1.165) is 32.6 Å². The highest BCUT2D eigenvalue weighted by atomic mass is 32.1. The van der Waals surface area contributed by atoms with Crippen molar-refractivity contribution in [3.63, 3.8) is 0 Å². The first-order chi connectivity index (χ1) is 14.8. The Morgan fingerprint density at radius 3 is 2.23 bits per heavy atom. The number of aromatic nitrogens is 2. The van der Waals surface area contributed by atoms with Crippen LogP contribution >= 0.6 is 11.3 Å². The van der Waals surface area contributed by atoms with Crippen molar-refractivity contribution >= 4 is 33.3 Å². The van der Waals surface area contributed by atoms with Gasteiger partial charge in [-0.3, -0.25) is 10.1 Å². The number of pyridine rings is 1. The van der Waals surface area contributed by atoms with Crippen LogP contribution in [-0.2, 0) is 0 Å². The molecule has 5 rings (SSSR count). The molecule has 5 aromatic rings. The Labute approximate surface area is 177 Å². The molecule has 0 bridgehead atoms. The molecule has 1 amide bonds. The van der Waals surface area contributed by atoms with Crippen LogP contribution in [0.4, 0.5) is 5.13 Å². The summed E-state index contributed by atoms with van der Waals surface area (Å²) in [7, 11) is 0. The van der Waals surface area contributed by atoms with Gasteiger partial charge in [0.15, 0.2) is 5.13 Å². The van der Waals surface area contributed by atoms with Gasteiger partial charge in [0.05, 0.1) is 21.7 Å². The van der Waals surface area contributed by atoms with Crippen LogP contribution in [0, 0.1) is 0 Å². The number of rotatable bonds is 4. The number of amides is 1. The molecule has 0 aliphatic heterocycles. The highest BCUT2D eigenvalue weighted by molar-refractivity contribution is 7.19. The number of benzene rings is 3. The third-order valence-corrected chi connectivity index (χ3v) is 5.78. The standard InChI is InChI=1S/C25H17N3OS/c29-24(28-25-26-16-23(30-25)18-11-5-2-6-12-18)20-15-22(17-9-3-1-4-10-17)27-21-14-8-7-13-19(20)21/h1-16H,(H,26,28,29). The van der Waals surface area contributed by atoms with Crippen molar-refractivity contribution in [3.05, 3.63) is 103 Å². The zero-order valence-corrected chi connectivity index (χ0v) is 16.8. The fourth-order valence-electron chi connectivity index (χ4n) is 3.35. The Kier molecular flexibility index (Phi) is 4.79. The molecule has 0 fully saturated rings. The number of fused-ring (bicyclic) bond motifs is 1. The largest absolute Gasteiger partial charge is 0.298 e. The summed E-state index contributed by atoms with van der Waals surface area (Å²) in [5.74, 6) is -0.195. The number of carbonyl (C=O) groups is 1. The van der Waals surface area contributed by atoms with Crippen molar-refractivity contribution in [2.24, 2.45) is 0 Å². The van der Waals surface area contributed by atoms with Gasteiger partial charge in [-0.05, 0) is 17.7 Å². The van der Waals surface area contributed by atoms with Crippen LogP contribution in [0.2, 0.25) is 0 Å². The van der Waals surface area contributed by atoms with E-state index in [2.05, 4.69) is 10.3 Å². The van der Waals surface area contributed by atoms with Crippen LogP contribution < -0.4 is 5.32 Å². The first-order valence-corrected chi connectivity index (χ1v) is 10.4. The molecule has 0 spiro atoms. The van der Waals surface area contributed by atoms with Gasteiger partial charge in [0, 0.05) is 17.1 Å². The van der Waals surface area contributed by atoms with E-state index in [1.54, 1.807) is 6.20 Å². The normalized spacial score (nSPS) is 10.8. The van der Waals surface area contributed by atoms with Crippen LogP contribution in [0.25, 0.3) is 32.6 Å². The lowest BCUT2D eigenvalue weighted by Gasteiger charge is -2.09. The number of hydrogen-bond acceptors (Lipinski definition) is 4. The Hall–Kier alpha value is -3.83. The van der Waals surface area contributed by atoms with Gasteiger partial charge in [-0.25, -0.2) is 9.97 Å². The van der Waals surface area contributed by atoms with Gasteiger partial charge in [0.2, 0.25) is 0 Å². The van der Waals surface area contributed by atoms with E-state index >= 15 is 0 Å². The molecule has 5 heteroatoms. The SMILES string of the molecule is O=C(Nc1ncc(-c2ccccc2)s1)c1cc(-c2ccccc2)nc2ccccc12. The summed E-state index contributed by atoms with van der Waals surface area (Å²) in [5.41, 5.74) is 4.18. The van der Waals surface area contributed by atoms with Crippen molar-refractivity contribution in [2.75, 3.05) is 5.32 Å². The minimum Gasteiger partial charge on any atom is -0.298 e. The molecule has 2 heterocycles. The van der Waals surface area contributed by atoms with E-state index in [1.807, 2.05) is 91.0 Å². The number of carbonyl (C=O) groups excluding carboxylic acids is 1. The van der Waals surface area contributed by atoms with Crippen molar-refractivity contribution in [3.8, 4) is 21.7 Å². The summed E-state index contributed by atoms with van der Waals surface area (Å²) >= 11 is 1.46. The van der Waals surface area contributed by atoms with E-state index < -0.39 is 0 Å². The fraction of sp³-hybridized carbons (Fsp3) is 0. The van der Waals surface area contributed by atoms with E-state index in [4.69, 9.17) is 4.98 Å². The summed E-state index contributed by atoms with van der Waals surface area (Å²) < 4.78 is 0. The van der Waals surface area contributed by atoms with E-state index in [0.29, 0.717) is 10.7 Å². The molecule has 4 nitrogen and oxygen atoms in total. The minimum absolute atomic E-state index is 0.195. The Balaban J connectivity index is 1.51. The second kappa shape index (κ2) is 7.89. The molecule has 144 valence electrons. The topological polar surface area (TPSA) is 54.9 Å². The summed E-state index contributed by atoms with van der Waals surface area (Å²) in [4.78, 5) is 23.3. The molecule has 0 aliphatic carbocycles. The molecule has 3 aromatic carbocycles. The van der Waals surface area contributed by atoms with Crippen molar-refractivity contribution < 1.29 is 4.79 Å². The maximum absolute atomic E-state index is 13.2. The van der Waals surface area contributed by atoms with Crippen LogP contribution in [-0.4, -0.2) is 15.9 Å². The number of nitrogens with zero attached hydrogens (tertiary/aromatic N) is 2. The number of thiazole rings is 1. The molecular formula is C25H17N3OS. The van der Waals surface area contributed by atoms with Gasteiger partial charge in [-0.2, -0.15) is 0 Å². The van der Waals surface area contributed by atoms with Gasteiger partial charge in [0.25, 0.3) is 5.91 Å². The minimum atomic E-state index is -0.195. The summed E-state index contributed by atoms with van der Waals surface area (Å²) in [6, 6.07) is 29.4. The van der Waals surface area contributed by atoms with E-state index in [-0.39, 0.29) is 5.91 Å². The lowest BCUT2D eigenvalue weighted by Crippen LogP contribution is -2.12. The Bertz CT molecular complexity index is 1330. The molecule has 0 radical (unpaired) electrons. The number of nitrogens with one attached hydrogen (secondary N) is 1. The number of hydrogen-bond donors (Lipinski definition) is 1. The van der Waals surface area contributed by atoms with Crippen LogP contribution in [0.5, 0.6) is 0 Å². The average Bonchev–Trinajstić information content (AvgIpc) is 3.28. The molecular weight excluding hydrogens is 390 g/mol. The highest BCUT2D eigenvalue weighted by Gasteiger charge is 2.15. The summed E-state index contributed by atoms with van der Waals surface area (Å²) in [5, 5.41) is 4.34. The molecule has 0 unspecified atom stereocenters. The summed E-state index contributed by atoms with van der Waals surface area (Å²) in [6.07, 6.45) is 1.79. The Morgan fingerprint density at radius 1 is 0.800 bits per heavy atom. The molecule has 0 saturated heterocycles. The van der Waals surface area contributed by atoms with Crippen LogP contribution in [0.15, 0.2) is 97.2 Å². The monoisotopic (exact) mass is 407 g/mol. The molecule has 2 aromatic heterocycles. The zero-order chi connectivity index (χ0) is 20.3. The predicted molar refractivity (Wildman–Crippen MR) is 123 cm³/mol. The number of anilines is 1.